The Kier molecular flexibility index (Phi) is 7.76. The van der Waals surface area contributed by atoms with Gasteiger partial charge in [0.1, 0.15) is 11.6 Å². The molecular formula is C25H28N6O3. The normalized spacial score (nSPS) is 16.0. The van der Waals surface area contributed by atoms with E-state index in [0.717, 1.165) is 17.5 Å². The molecule has 2 heterocycles. The number of urea groups is 1. The summed E-state index contributed by atoms with van der Waals surface area (Å²) in [7, 11) is 1.67. The molecule has 0 bridgehead atoms. The lowest BCUT2D eigenvalue weighted by Gasteiger charge is -2.22. The van der Waals surface area contributed by atoms with Crippen LogP contribution in [0.1, 0.15) is 37.1 Å². The van der Waals surface area contributed by atoms with Crippen molar-refractivity contribution in [3.63, 3.8) is 0 Å². The van der Waals surface area contributed by atoms with Crippen molar-refractivity contribution in [2.75, 3.05) is 11.9 Å². The van der Waals surface area contributed by atoms with Gasteiger partial charge in [-0.3, -0.25) is 4.79 Å². The lowest BCUT2D eigenvalue weighted by molar-refractivity contribution is -0.120. The average molecular weight is 461 g/mol. The molecule has 1 aromatic carbocycles. The fraction of sp³-hybridized carbons (Fsp3) is 0.320. The molecule has 3 rings (SSSR count). The van der Waals surface area contributed by atoms with Crippen molar-refractivity contribution in [3.05, 3.63) is 65.1 Å². The first-order chi connectivity index (χ1) is 16.2. The molecule has 1 aromatic heterocycles. The highest BCUT2D eigenvalue weighted by Crippen LogP contribution is 2.27. The second-order valence-corrected chi connectivity index (χ2v) is 8.51. The zero-order valence-electron chi connectivity index (χ0n) is 19.4. The summed E-state index contributed by atoms with van der Waals surface area (Å²) in [6, 6.07) is 7.88. The van der Waals surface area contributed by atoms with E-state index >= 15 is 0 Å². The largest absolute Gasteiger partial charge is 0.378 e. The molecular weight excluding hydrogens is 432 g/mol. The molecule has 4 N–H and O–H groups in total. The number of aryl methyl sites for hydroxylation is 1. The third-order valence-electron chi connectivity index (χ3n) is 5.18. The van der Waals surface area contributed by atoms with Crippen LogP contribution in [0.3, 0.4) is 0 Å². The summed E-state index contributed by atoms with van der Waals surface area (Å²) >= 11 is 0. The number of carbonyl (C=O) groups excluding carboxylic acids is 2. The molecule has 2 aromatic rings. The first-order valence-electron chi connectivity index (χ1n) is 10.9. The number of aliphatic hydroxyl groups is 1. The smallest absolute Gasteiger partial charge is 0.319 e. The monoisotopic (exact) mass is 460 g/mol. The summed E-state index contributed by atoms with van der Waals surface area (Å²) in [5, 5.41) is 30.5. The quantitative estimate of drug-likeness (QED) is 0.400. The number of nitrogens with one attached hydrogen (secondary N) is 3. The Morgan fingerprint density at radius 1 is 1.38 bits per heavy atom. The molecule has 0 spiro atoms. The van der Waals surface area contributed by atoms with E-state index in [1.165, 1.54) is 11.1 Å². The first-order valence-corrected chi connectivity index (χ1v) is 10.9. The fourth-order valence-corrected chi connectivity index (χ4v) is 3.44. The topological polar surface area (TPSA) is 131 Å². The molecule has 0 saturated heterocycles. The number of carbonyl (C=O) groups is 2. The molecule has 1 aliphatic heterocycles. The molecule has 1 aliphatic rings. The second kappa shape index (κ2) is 10.7. The Hall–Kier alpha value is -4.03. The van der Waals surface area contributed by atoms with Crippen LogP contribution in [-0.4, -0.2) is 52.1 Å². The van der Waals surface area contributed by atoms with Crippen LogP contribution in [-0.2, 0) is 17.6 Å². The third-order valence-corrected chi connectivity index (χ3v) is 5.18. The van der Waals surface area contributed by atoms with Crippen molar-refractivity contribution in [1.82, 2.24) is 20.8 Å². The zero-order valence-corrected chi connectivity index (χ0v) is 19.4. The summed E-state index contributed by atoms with van der Waals surface area (Å²) in [6.45, 7) is 3.22. The summed E-state index contributed by atoms with van der Waals surface area (Å²) in [6.07, 6.45) is 5.50. The number of rotatable bonds is 5. The van der Waals surface area contributed by atoms with Crippen LogP contribution in [0.2, 0.25) is 0 Å². The lowest BCUT2D eigenvalue weighted by atomic mass is 10.0. The van der Waals surface area contributed by atoms with Crippen LogP contribution in [0.4, 0.5) is 10.5 Å². The highest BCUT2D eigenvalue weighted by atomic mass is 16.3. The number of fused-ring (bicyclic) bond motifs is 1. The van der Waals surface area contributed by atoms with Gasteiger partial charge in [-0.25, -0.2) is 4.79 Å². The Morgan fingerprint density at radius 3 is 2.85 bits per heavy atom. The molecule has 1 atom stereocenters. The van der Waals surface area contributed by atoms with Gasteiger partial charge in [-0.2, -0.15) is 10.2 Å². The van der Waals surface area contributed by atoms with Crippen LogP contribution in [0.25, 0.3) is 0 Å². The maximum absolute atomic E-state index is 13.0. The number of anilines is 1. The van der Waals surface area contributed by atoms with Crippen molar-refractivity contribution < 1.29 is 14.7 Å². The molecule has 0 aliphatic carbocycles. The van der Waals surface area contributed by atoms with Gasteiger partial charge >= 0.3 is 6.03 Å². The number of aromatic nitrogens is 2. The number of amides is 3. The molecule has 1 unspecified atom stereocenters. The second-order valence-electron chi connectivity index (χ2n) is 8.51. The van der Waals surface area contributed by atoms with Crippen LogP contribution in [0, 0.1) is 17.3 Å². The fourth-order valence-electron chi connectivity index (χ4n) is 3.44. The number of allylic oxidation sites excluding steroid dienone is 1. The van der Waals surface area contributed by atoms with Crippen LogP contribution < -0.4 is 15.5 Å². The summed E-state index contributed by atoms with van der Waals surface area (Å²) in [5.74, 6) is 5.47. The number of benzene rings is 1. The maximum Gasteiger partial charge on any atom is 0.319 e. The summed E-state index contributed by atoms with van der Waals surface area (Å²) < 4.78 is 0. The lowest BCUT2D eigenvalue weighted by Crippen LogP contribution is -2.49. The minimum Gasteiger partial charge on any atom is -0.378 e. The number of nitrogens with zero attached hydrogens (tertiary/aromatic N) is 3. The summed E-state index contributed by atoms with van der Waals surface area (Å²) in [5.41, 5.74) is 2.49. The van der Waals surface area contributed by atoms with Gasteiger partial charge in [0.15, 0.2) is 0 Å². The van der Waals surface area contributed by atoms with Gasteiger partial charge in [-0.05, 0) is 62.1 Å². The predicted octanol–water partition coefficient (Wildman–Crippen LogP) is 1.95. The molecule has 9 heteroatoms. The number of hydrogen-bond acceptors (Lipinski definition) is 6. The number of likely N-dealkylation sites (N-methyl/N-ethyl adjacent to an activating group) is 1. The molecule has 176 valence electrons. The summed E-state index contributed by atoms with van der Waals surface area (Å²) in [4.78, 5) is 27.0. The SMILES string of the molecule is CN1C(=O)C(NC(=O)N/C=C(\C=N)Cc2cccnn2)CCc2ccc(C#CC(C)(C)O)cc21. The van der Waals surface area contributed by atoms with Gasteiger partial charge < -0.3 is 26.0 Å². The zero-order chi connectivity index (χ0) is 24.7. The van der Waals surface area contributed by atoms with Gasteiger partial charge in [0.05, 0.1) is 5.69 Å². The van der Waals surface area contributed by atoms with Crippen molar-refractivity contribution >= 4 is 23.8 Å². The van der Waals surface area contributed by atoms with Gasteiger partial charge in [0.25, 0.3) is 0 Å². The van der Waals surface area contributed by atoms with E-state index in [0.29, 0.717) is 36.1 Å². The Balaban J connectivity index is 1.66. The molecule has 0 fully saturated rings. The highest BCUT2D eigenvalue weighted by molar-refractivity contribution is 6.00. The van der Waals surface area contributed by atoms with Gasteiger partial charge in [-0.15, -0.1) is 0 Å². The maximum atomic E-state index is 13.0. The minimum atomic E-state index is -1.11. The van der Waals surface area contributed by atoms with Crippen molar-refractivity contribution in [1.29, 1.82) is 5.41 Å². The van der Waals surface area contributed by atoms with E-state index in [1.54, 1.807) is 39.2 Å². The molecule has 0 radical (unpaired) electrons. The number of hydrogen-bond donors (Lipinski definition) is 4. The van der Waals surface area contributed by atoms with Gasteiger partial charge in [0.2, 0.25) is 5.91 Å². The van der Waals surface area contributed by atoms with E-state index in [1.807, 2.05) is 18.2 Å². The van der Waals surface area contributed by atoms with E-state index in [4.69, 9.17) is 5.41 Å². The average Bonchev–Trinajstić information content (AvgIpc) is 2.92. The third kappa shape index (κ3) is 6.73. The Bertz CT molecular complexity index is 1160. The standard InChI is InChI=1S/C25H28N6O3/c1-25(2,34)11-10-17-6-7-19-8-9-21(23(32)31(3)22(19)14-17)29-24(33)27-16-18(15-26)13-20-5-4-12-28-30-20/h4-7,12,14-16,21,26,34H,8-9,13H2,1-3H3,(H2,27,29,33)/b18-16-,26-15?. The highest BCUT2D eigenvalue weighted by Gasteiger charge is 2.29. The van der Waals surface area contributed by atoms with Crippen LogP contribution >= 0.6 is 0 Å². The Morgan fingerprint density at radius 2 is 2.18 bits per heavy atom. The van der Waals surface area contributed by atoms with Crippen LogP contribution in [0.15, 0.2) is 48.3 Å². The van der Waals surface area contributed by atoms with E-state index in [2.05, 4.69) is 32.7 Å². The van der Waals surface area contributed by atoms with E-state index in [-0.39, 0.29) is 5.91 Å². The first kappa shape index (κ1) is 24.6. The molecule has 0 saturated carbocycles. The van der Waals surface area contributed by atoms with Crippen molar-refractivity contribution in [2.24, 2.45) is 0 Å². The molecule has 3 amide bonds. The van der Waals surface area contributed by atoms with Crippen LogP contribution in [0.5, 0.6) is 0 Å². The Labute approximate surface area is 198 Å². The van der Waals surface area contributed by atoms with Gasteiger partial charge in [-0.1, -0.05) is 17.9 Å². The van der Waals surface area contributed by atoms with E-state index in [9.17, 15) is 14.7 Å². The van der Waals surface area contributed by atoms with Crippen molar-refractivity contribution in [3.8, 4) is 11.8 Å². The van der Waals surface area contributed by atoms with Crippen molar-refractivity contribution in [2.45, 2.75) is 44.8 Å². The molecule has 9 nitrogen and oxygen atoms in total. The van der Waals surface area contributed by atoms with Gasteiger partial charge in [0, 0.05) is 43.3 Å². The minimum absolute atomic E-state index is 0.239. The predicted molar refractivity (Wildman–Crippen MR) is 129 cm³/mol. The van der Waals surface area contributed by atoms with E-state index < -0.39 is 17.7 Å². The molecule has 34 heavy (non-hydrogen) atoms.